The van der Waals surface area contributed by atoms with E-state index in [0.717, 1.165) is 43.1 Å². The minimum absolute atomic E-state index is 0. The van der Waals surface area contributed by atoms with Gasteiger partial charge in [-0.05, 0) is 36.4 Å². The molecule has 0 aliphatic carbocycles. The molecule has 4 rings (SSSR count). The summed E-state index contributed by atoms with van der Waals surface area (Å²) >= 11 is 10.3. The van der Waals surface area contributed by atoms with Gasteiger partial charge in [0.15, 0.2) is 0 Å². The molecule has 0 unspecified atom stereocenters. The van der Waals surface area contributed by atoms with Crippen molar-refractivity contribution in [2.24, 2.45) is 0 Å². The Hall–Kier alpha value is -1.78. The van der Waals surface area contributed by atoms with Crippen LogP contribution < -0.4 is 9.47 Å². The van der Waals surface area contributed by atoms with E-state index in [9.17, 15) is 0 Å². The predicted octanol–water partition coefficient (Wildman–Crippen LogP) is 4.30. The van der Waals surface area contributed by atoms with Crippen LogP contribution in [0.1, 0.15) is 0 Å². The second-order valence-corrected chi connectivity index (χ2v) is 6.28. The average molecular weight is 493 g/mol. The number of benzene rings is 2. The molecule has 0 N–H and O–H groups in total. The Bertz CT molecular complexity index is 975. The number of hydrogen-bond donors (Lipinski definition) is 0. The summed E-state index contributed by atoms with van der Waals surface area (Å²) in [7, 11) is 3.26. The van der Waals surface area contributed by atoms with E-state index in [1.807, 2.05) is 48.5 Å². The molecule has 7 heteroatoms. The Labute approximate surface area is 189 Å². The molecule has 132 valence electrons. The first-order valence-corrected chi connectivity index (χ1v) is 8.63. The summed E-state index contributed by atoms with van der Waals surface area (Å²) in [6.07, 6.45) is 3.48. The summed E-state index contributed by atoms with van der Waals surface area (Å²) in [5.74, 6) is 1.57. The van der Waals surface area contributed by atoms with Gasteiger partial charge in [-0.25, -0.2) is 0 Å². The molecular weight excluding hydrogens is 477 g/mol. The van der Waals surface area contributed by atoms with Crippen LogP contribution in [0.4, 0.5) is 0 Å². The summed E-state index contributed by atoms with van der Waals surface area (Å²) in [4.78, 5) is 9.86. The van der Waals surface area contributed by atoms with Gasteiger partial charge in [0.2, 0.25) is 0 Å². The molecule has 0 radical (unpaired) electrons. The van der Waals surface area contributed by atoms with Crippen molar-refractivity contribution in [2.45, 2.75) is 9.79 Å². The van der Waals surface area contributed by atoms with Crippen molar-refractivity contribution in [3.05, 3.63) is 60.9 Å². The van der Waals surface area contributed by atoms with E-state index in [-0.39, 0.29) is 27.3 Å². The topological polar surface area (TPSA) is 44.2 Å². The molecule has 0 bridgehead atoms. The van der Waals surface area contributed by atoms with Crippen LogP contribution in [0.2, 0.25) is 0 Å². The standard InChI is InChI=1S/2C10H9NOS.Cd/c2*1-12-8-5-7-3-2-4-11-10(7)9(13)6-8;/h2*2-6,13H,1H3;/q;;+2/p-2. The molecule has 2 aromatic carbocycles. The van der Waals surface area contributed by atoms with E-state index in [0.29, 0.717) is 0 Å². The van der Waals surface area contributed by atoms with E-state index in [4.69, 9.17) is 34.7 Å². The Morgan fingerprint density at radius 3 is 1.48 bits per heavy atom. The summed E-state index contributed by atoms with van der Waals surface area (Å²) in [5, 5.41) is 2.04. The summed E-state index contributed by atoms with van der Waals surface area (Å²) < 4.78 is 10.2. The maximum atomic E-state index is 5.16. The van der Waals surface area contributed by atoms with Gasteiger partial charge in [0, 0.05) is 23.2 Å². The number of pyridine rings is 2. The molecule has 0 amide bonds. The quantitative estimate of drug-likeness (QED) is 0.307. The van der Waals surface area contributed by atoms with Crippen molar-refractivity contribution >= 4 is 47.1 Å². The zero-order chi connectivity index (χ0) is 18.5. The van der Waals surface area contributed by atoms with Gasteiger partial charge in [0.05, 0.1) is 25.3 Å². The maximum absolute atomic E-state index is 5.16. The number of hydrogen-bond acceptors (Lipinski definition) is 6. The van der Waals surface area contributed by atoms with Crippen LogP contribution in [-0.2, 0) is 52.6 Å². The molecule has 0 spiro atoms. The molecule has 4 aromatic rings. The molecule has 0 aliphatic rings. The smallest absolute Gasteiger partial charge is 0.778 e. The molecular formula is C20H16CdN2O2S2. The number of aromatic nitrogens is 2. The number of nitrogens with zero attached hydrogens (tertiary/aromatic N) is 2. The molecule has 2 heterocycles. The molecule has 0 saturated carbocycles. The molecule has 4 nitrogen and oxygen atoms in total. The van der Waals surface area contributed by atoms with Gasteiger partial charge in [-0.1, -0.05) is 12.1 Å². The first kappa shape index (κ1) is 21.5. The molecule has 0 atom stereocenters. The maximum Gasteiger partial charge on any atom is 2.00 e. The van der Waals surface area contributed by atoms with Crippen LogP contribution in [-0.4, -0.2) is 24.2 Å². The van der Waals surface area contributed by atoms with Crippen LogP contribution in [0.15, 0.2) is 70.7 Å². The Kier molecular flexibility index (Phi) is 7.94. The van der Waals surface area contributed by atoms with Gasteiger partial charge >= 0.3 is 27.3 Å². The van der Waals surface area contributed by atoms with E-state index in [1.54, 1.807) is 26.6 Å². The Balaban J connectivity index is 0.000000187. The van der Waals surface area contributed by atoms with Crippen molar-refractivity contribution in [2.75, 3.05) is 14.2 Å². The van der Waals surface area contributed by atoms with E-state index < -0.39 is 0 Å². The van der Waals surface area contributed by atoms with Crippen molar-refractivity contribution in [1.82, 2.24) is 9.97 Å². The van der Waals surface area contributed by atoms with Gasteiger partial charge in [0.1, 0.15) is 11.5 Å². The predicted molar refractivity (Wildman–Crippen MR) is 108 cm³/mol. The normalized spacial score (nSPS) is 9.85. The first-order chi connectivity index (χ1) is 12.6. The third-order valence-corrected chi connectivity index (χ3v) is 4.38. The minimum Gasteiger partial charge on any atom is -0.778 e. The third-order valence-electron chi connectivity index (χ3n) is 3.76. The van der Waals surface area contributed by atoms with Crippen molar-refractivity contribution in [3.8, 4) is 11.5 Å². The van der Waals surface area contributed by atoms with E-state index in [1.165, 1.54) is 0 Å². The fraction of sp³-hybridized carbons (Fsp3) is 0.100. The van der Waals surface area contributed by atoms with Crippen molar-refractivity contribution in [1.29, 1.82) is 0 Å². The zero-order valence-corrected chi connectivity index (χ0v) is 20.7. The van der Waals surface area contributed by atoms with Crippen LogP contribution in [0.3, 0.4) is 0 Å². The SMILES string of the molecule is COc1cc([S-])c2ncccc2c1.COc1cc([S-])c2ncccc2c1.[Cd+2]. The Morgan fingerprint density at radius 2 is 1.11 bits per heavy atom. The second-order valence-electron chi connectivity index (χ2n) is 5.40. The molecule has 2 aromatic heterocycles. The fourth-order valence-corrected chi connectivity index (χ4v) is 3.07. The molecule has 0 fully saturated rings. The molecule has 0 aliphatic heterocycles. The van der Waals surface area contributed by atoms with Crippen molar-refractivity contribution in [3.63, 3.8) is 0 Å². The Morgan fingerprint density at radius 1 is 0.704 bits per heavy atom. The van der Waals surface area contributed by atoms with Gasteiger partial charge in [-0.15, -0.1) is 9.79 Å². The minimum atomic E-state index is 0. The van der Waals surface area contributed by atoms with Gasteiger partial charge in [-0.2, -0.15) is 0 Å². The third kappa shape index (κ3) is 5.14. The van der Waals surface area contributed by atoms with Crippen LogP contribution >= 0.6 is 0 Å². The number of fused-ring (bicyclic) bond motifs is 2. The van der Waals surface area contributed by atoms with Crippen LogP contribution in [0.25, 0.3) is 21.8 Å². The fourth-order valence-electron chi connectivity index (χ4n) is 2.50. The molecule has 27 heavy (non-hydrogen) atoms. The first-order valence-electron chi connectivity index (χ1n) is 7.82. The molecule has 0 saturated heterocycles. The van der Waals surface area contributed by atoms with Gasteiger partial charge in [0.25, 0.3) is 0 Å². The summed E-state index contributed by atoms with van der Waals surface area (Å²) in [6, 6.07) is 15.2. The van der Waals surface area contributed by atoms with Crippen molar-refractivity contribution < 1.29 is 36.8 Å². The number of ether oxygens (including phenoxy) is 2. The number of rotatable bonds is 2. The van der Waals surface area contributed by atoms with Gasteiger partial charge < -0.3 is 34.7 Å². The average Bonchev–Trinajstić information content (AvgIpc) is 2.68. The summed E-state index contributed by atoms with van der Waals surface area (Å²) in [6.45, 7) is 0. The second kappa shape index (κ2) is 9.96. The van der Waals surface area contributed by atoms with Crippen LogP contribution in [0.5, 0.6) is 11.5 Å². The van der Waals surface area contributed by atoms with E-state index in [2.05, 4.69) is 9.97 Å². The van der Waals surface area contributed by atoms with Gasteiger partial charge in [-0.3, -0.25) is 9.97 Å². The van der Waals surface area contributed by atoms with Crippen LogP contribution in [0, 0.1) is 0 Å². The zero-order valence-electron chi connectivity index (χ0n) is 15.0. The van der Waals surface area contributed by atoms with E-state index >= 15 is 0 Å². The largest absolute Gasteiger partial charge is 2.00 e. The number of methoxy groups -OCH3 is 2. The summed E-state index contributed by atoms with van der Waals surface area (Å²) in [5.41, 5.74) is 1.72. The monoisotopic (exact) mass is 494 g/mol.